The molecule has 11 nitrogen and oxygen atoms in total. The lowest BCUT2D eigenvalue weighted by molar-refractivity contribution is -0.165. The van der Waals surface area contributed by atoms with Crippen molar-refractivity contribution in [2.24, 2.45) is 10.5 Å². The number of alkyl halides is 3. The molecule has 1 aromatic heterocycles. The van der Waals surface area contributed by atoms with Gasteiger partial charge in [0.05, 0.1) is 5.71 Å². The fourth-order valence-electron chi connectivity index (χ4n) is 3.23. The second-order valence-electron chi connectivity index (χ2n) is 7.10. The molecule has 32 heavy (non-hydrogen) atoms. The molecule has 3 heterocycles. The third-order valence-corrected chi connectivity index (χ3v) is 4.75. The lowest BCUT2D eigenvalue weighted by atomic mass is 9.75. The summed E-state index contributed by atoms with van der Waals surface area (Å²) in [5.41, 5.74) is 0.143. The molecule has 0 radical (unpaired) electrons. The van der Waals surface area contributed by atoms with E-state index in [1.807, 2.05) is 0 Å². The fourth-order valence-corrected chi connectivity index (χ4v) is 3.23. The Balaban J connectivity index is 0.000000309. The second kappa shape index (κ2) is 10.0. The number of halogens is 3. The van der Waals surface area contributed by atoms with Crippen molar-refractivity contribution in [1.82, 2.24) is 15.3 Å². The number of rotatable bonds is 6. The number of fused-ring (bicyclic) bond motifs is 1. The van der Waals surface area contributed by atoms with Crippen LogP contribution in [0.2, 0.25) is 0 Å². The van der Waals surface area contributed by atoms with E-state index in [1.54, 1.807) is 24.4 Å². The minimum Gasteiger partial charge on any atom is -0.479 e. The molecule has 1 aromatic rings. The molecule has 3 atom stereocenters. The Morgan fingerprint density at radius 3 is 2.31 bits per heavy atom. The molecule has 1 unspecified atom stereocenters. The molecule has 2 aliphatic rings. The highest BCUT2D eigenvalue weighted by molar-refractivity contribution is 6.13. The van der Waals surface area contributed by atoms with Crippen molar-refractivity contribution in [3.63, 3.8) is 0 Å². The number of hydrogen-bond acceptors (Lipinski definition) is 8. The van der Waals surface area contributed by atoms with Gasteiger partial charge in [-0.2, -0.15) is 18.3 Å². The zero-order chi connectivity index (χ0) is 24.1. The summed E-state index contributed by atoms with van der Waals surface area (Å²) in [6.07, 6.45) is -6.67. The SMILES string of the molecule is O=C(O)[C@H](O)[C@@H](O)C(=O)O.O=C1N(CC(F)(F)F)N=C2CCNCC12Cc1ccccn1. The summed E-state index contributed by atoms with van der Waals surface area (Å²) in [6, 6.07) is 5.31. The third kappa shape index (κ3) is 5.99. The highest BCUT2D eigenvalue weighted by Gasteiger charge is 2.53. The maximum absolute atomic E-state index is 12.6. The lowest BCUT2D eigenvalue weighted by Crippen LogP contribution is -2.53. The number of nitrogens with one attached hydrogen (secondary N) is 1. The molecule has 0 aliphatic carbocycles. The summed E-state index contributed by atoms with van der Waals surface area (Å²) in [6.45, 7) is -0.454. The van der Waals surface area contributed by atoms with Crippen LogP contribution in [0.1, 0.15) is 12.1 Å². The molecule has 1 fully saturated rings. The van der Waals surface area contributed by atoms with Gasteiger partial charge in [-0.25, -0.2) is 14.6 Å². The van der Waals surface area contributed by atoms with Gasteiger partial charge in [-0.1, -0.05) is 6.07 Å². The molecular formula is C18H21F3N4O7. The zero-order valence-electron chi connectivity index (χ0n) is 16.5. The maximum Gasteiger partial charge on any atom is 0.408 e. The molecule has 0 saturated carbocycles. The van der Waals surface area contributed by atoms with Crippen LogP contribution in [0, 0.1) is 5.41 Å². The molecular weight excluding hydrogens is 441 g/mol. The number of carbonyl (C=O) groups is 3. The van der Waals surface area contributed by atoms with Crippen LogP contribution < -0.4 is 5.32 Å². The number of nitrogens with zero attached hydrogens (tertiary/aromatic N) is 3. The average molecular weight is 462 g/mol. The quantitative estimate of drug-likeness (QED) is 0.364. The van der Waals surface area contributed by atoms with E-state index in [9.17, 15) is 27.6 Å². The number of aliphatic hydroxyl groups excluding tert-OH is 2. The number of hydrazone groups is 1. The first kappa shape index (κ1) is 25.2. The summed E-state index contributed by atoms with van der Waals surface area (Å²) in [5, 5.41) is 40.1. The molecule has 0 bridgehead atoms. The van der Waals surface area contributed by atoms with Crippen molar-refractivity contribution in [2.75, 3.05) is 19.6 Å². The molecule has 14 heteroatoms. The van der Waals surface area contributed by atoms with Crippen molar-refractivity contribution in [3.8, 4) is 0 Å². The highest BCUT2D eigenvalue weighted by atomic mass is 19.4. The van der Waals surface area contributed by atoms with Crippen molar-refractivity contribution >= 4 is 23.6 Å². The lowest BCUT2D eigenvalue weighted by Gasteiger charge is -2.32. The van der Waals surface area contributed by atoms with Crippen LogP contribution in [0.15, 0.2) is 29.5 Å². The summed E-state index contributed by atoms with van der Waals surface area (Å²) >= 11 is 0. The Bertz CT molecular complexity index is 863. The standard InChI is InChI=1S/C14H15F3N4O.C4H6O6/c15-14(16,17)9-21-12(22)13(7-10-3-1-2-5-19-10)8-18-6-4-11(13)20-21;5-1(3(7)8)2(6)4(9)10/h1-3,5,18H,4,6-9H2;1-2,5-6H,(H,7,8)(H,9,10)/t;1-,2-/m.1/s1. The Labute approximate surface area is 179 Å². The first-order chi connectivity index (χ1) is 14.9. The van der Waals surface area contributed by atoms with E-state index < -0.39 is 48.2 Å². The number of amides is 1. The summed E-state index contributed by atoms with van der Waals surface area (Å²) < 4.78 is 37.9. The summed E-state index contributed by atoms with van der Waals surface area (Å²) in [7, 11) is 0. The molecule has 1 saturated heterocycles. The zero-order valence-corrected chi connectivity index (χ0v) is 16.5. The molecule has 3 rings (SSSR count). The smallest absolute Gasteiger partial charge is 0.408 e. The Hall–Kier alpha value is -3.10. The van der Waals surface area contributed by atoms with Crippen LogP contribution in [0.3, 0.4) is 0 Å². The maximum atomic E-state index is 12.6. The first-order valence-electron chi connectivity index (χ1n) is 9.26. The van der Waals surface area contributed by atoms with Crippen LogP contribution in [0.5, 0.6) is 0 Å². The monoisotopic (exact) mass is 462 g/mol. The van der Waals surface area contributed by atoms with Gasteiger partial charge in [0.15, 0.2) is 12.2 Å². The van der Waals surface area contributed by atoms with Gasteiger partial charge in [-0.3, -0.25) is 9.78 Å². The van der Waals surface area contributed by atoms with Gasteiger partial charge in [0, 0.05) is 37.8 Å². The third-order valence-electron chi connectivity index (χ3n) is 4.75. The van der Waals surface area contributed by atoms with Gasteiger partial charge in [0.2, 0.25) is 0 Å². The van der Waals surface area contributed by atoms with Gasteiger partial charge < -0.3 is 25.7 Å². The van der Waals surface area contributed by atoms with Gasteiger partial charge in [0.25, 0.3) is 5.91 Å². The minimum atomic E-state index is -4.47. The van der Waals surface area contributed by atoms with E-state index in [4.69, 9.17) is 20.4 Å². The summed E-state index contributed by atoms with van der Waals surface area (Å²) in [5.74, 6) is -4.14. The van der Waals surface area contributed by atoms with Crippen LogP contribution >= 0.6 is 0 Å². The van der Waals surface area contributed by atoms with Crippen LogP contribution in [0.25, 0.3) is 0 Å². The van der Waals surface area contributed by atoms with E-state index in [2.05, 4.69) is 15.4 Å². The van der Waals surface area contributed by atoms with E-state index >= 15 is 0 Å². The van der Waals surface area contributed by atoms with Crippen molar-refractivity contribution < 1.29 is 48.0 Å². The normalized spacial score (nSPS) is 22.2. The van der Waals surface area contributed by atoms with E-state index in [0.29, 0.717) is 29.4 Å². The number of carboxylic acid groups (broad SMARTS) is 2. The van der Waals surface area contributed by atoms with Crippen LogP contribution in [-0.2, 0) is 20.8 Å². The number of aromatic nitrogens is 1. The molecule has 176 valence electrons. The molecule has 5 N–H and O–H groups in total. The second-order valence-corrected chi connectivity index (χ2v) is 7.10. The average Bonchev–Trinajstić information content (AvgIpc) is 2.98. The van der Waals surface area contributed by atoms with E-state index in [1.165, 1.54) is 0 Å². The largest absolute Gasteiger partial charge is 0.479 e. The minimum absolute atomic E-state index is 0.257. The predicted octanol–water partition coefficient (Wildman–Crippen LogP) is -0.758. The Kier molecular flexibility index (Phi) is 7.87. The fraction of sp³-hybridized carbons (Fsp3) is 0.500. The van der Waals surface area contributed by atoms with Crippen LogP contribution in [0.4, 0.5) is 13.2 Å². The van der Waals surface area contributed by atoms with Crippen molar-refractivity contribution in [3.05, 3.63) is 30.1 Å². The van der Waals surface area contributed by atoms with Crippen molar-refractivity contribution in [2.45, 2.75) is 31.2 Å². The highest BCUT2D eigenvalue weighted by Crippen LogP contribution is 2.37. The number of pyridine rings is 1. The Morgan fingerprint density at radius 2 is 1.81 bits per heavy atom. The molecule has 1 amide bonds. The summed E-state index contributed by atoms with van der Waals surface area (Å²) in [4.78, 5) is 36.3. The predicted molar refractivity (Wildman–Crippen MR) is 100 cm³/mol. The first-order valence-corrected chi connectivity index (χ1v) is 9.26. The van der Waals surface area contributed by atoms with E-state index in [0.717, 1.165) is 0 Å². The van der Waals surface area contributed by atoms with Gasteiger partial charge >= 0.3 is 18.1 Å². The number of carboxylic acids is 2. The van der Waals surface area contributed by atoms with Crippen molar-refractivity contribution in [1.29, 1.82) is 0 Å². The molecule has 0 aromatic carbocycles. The topological polar surface area (TPSA) is 173 Å². The number of carbonyl (C=O) groups excluding carboxylic acids is 1. The Morgan fingerprint density at radius 1 is 1.19 bits per heavy atom. The number of aliphatic carboxylic acids is 2. The van der Waals surface area contributed by atoms with Crippen LogP contribution in [-0.4, -0.2) is 92.0 Å². The van der Waals surface area contributed by atoms with Gasteiger partial charge in [-0.15, -0.1) is 0 Å². The molecule has 0 spiro atoms. The van der Waals surface area contributed by atoms with Gasteiger partial charge in [0.1, 0.15) is 12.0 Å². The number of aliphatic hydroxyl groups is 2. The number of piperidine rings is 1. The van der Waals surface area contributed by atoms with Gasteiger partial charge in [-0.05, 0) is 12.1 Å². The van der Waals surface area contributed by atoms with E-state index in [-0.39, 0.29) is 13.0 Å². The molecule has 2 aliphatic heterocycles. The number of hydrogen-bond donors (Lipinski definition) is 5.